The van der Waals surface area contributed by atoms with Gasteiger partial charge in [-0.3, -0.25) is 0 Å². The molecule has 3 rings (SSSR count). The molecule has 1 unspecified atom stereocenters. The highest BCUT2D eigenvalue weighted by molar-refractivity contribution is 7.84. The lowest BCUT2D eigenvalue weighted by Crippen LogP contribution is -2.53. The summed E-state index contributed by atoms with van der Waals surface area (Å²) in [6, 6.07) is 14.1. The lowest BCUT2D eigenvalue weighted by Gasteiger charge is -2.40. The number of ether oxygens (including phenoxy) is 1. The Kier molecular flexibility index (Phi) is 7.55. The van der Waals surface area contributed by atoms with Crippen molar-refractivity contribution in [1.29, 1.82) is 0 Å². The minimum Gasteiger partial charge on any atom is -0.748 e. The van der Waals surface area contributed by atoms with E-state index in [9.17, 15) is 5.11 Å². The van der Waals surface area contributed by atoms with Gasteiger partial charge in [0.05, 0.1) is 36.9 Å². The number of aliphatic hydroxyl groups is 1. The quantitative estimate of drug-likeness (QED) is 0.599. The van der Waals surface area contributed by atoms with Crippen molar-refractivity contribution in [2.75, 3.05) is 46.2 Å². The normalized spacial score (nSPS) is 18.8. The number of thiophene rings is 1. The van der Waals surface area contributed by atoms with Crippen LogP contribution in [0.5, 0.6) is 0 Å². The number of rotatable bonds is 5. The summed E-state index contributed by atoms with van der Waals surface area (Å²) >= 11 is 1.63. The Hall–Kier alpha value is -1.29. The second kappa shape index (κ2) is 9.27. The van der Waals surface area contributed by atoms with Crippen molar-refractivity contribution in [1.82, 2.24) is 0 Å². The minimum atomic E-state index is -3.92. The molecule has 0 amide bonds. The first kappa shape index (κ1) is 22.0. The number of benzene rings is 1. The average Bonchev–Trinajstić information content (AvgIpc) is 3.15. The molecule has 150 valence electrons. The second-order valence-corrected chi connectivity index (χ2v) is 9.42. The number of quaternary nitrogens is 1. The molecule has 1 saturated heterocycles. The molecule has 2 heterocycles. The summed E-state index contributed by atoms with van der Waals surface area (Å²) in [5, 5.41) is 13.5. The monoisotopic (exact) mass is 413 g/mol. The molecular weight excluding hydrogens is 386 g/mol. The Bertz CT molecular complexity index is 779. The van der Waals surface area contributed by atoms with Gasteiger partial charge in [-0.15, -0.1) is 11.3 Å². The SMILES string of the molecule is CS(=O)(=O)[O-].C[N+]1(CCC(O)(c2ccccc2)c2cccs2)CCOCC1. The van der Waals surface area contributed by atoms with Gasteiger partial charge in [-0.2, -0.15) is 0 Å². The third-order valence-electron chi connectivity index (χ3n) is 4.74. The molecule has 0 radical (unpaired) electrons. The highest BCUT2D eigenvalue weighted by atomic mass is 32.2. The van der Waals surface area contributed by atoms with E-state index in [-0.39, 0.29) is 0 Å². The van der Waals surface area contributed by atoms with Gasteiger partial charge in [0.15, 0.2) is 0 Å². The van der Waals surface area contributed by atoms with Crippen LogP contribution in [0.3, 0.4) is 0 Å². The lowest BCUT2D eigenvalue weighted by atomic mass is 9.88. The van der Waals surface area contributed by atoms with Crippen LogP contribution in [0.2, 0.25) is 0 Å². The number of likely N-dealkylation sites (N-methyl/N-ethyl adjacent to an activating group) is 1. The predicted octanol–water partition coefficient (Wildman–Crippen LogP) is 2.01. The molecule has 1 atom stereocenters. The number of nitrogens with zero attached hydrogens (tertiary/aromatic N) is 1. The van der Waals surface area contributed by atoms with Crippen molar-refractivity contribution in [2.45, 2.75) is 12.0 Å². The molecule has 0 aliphatic carbocycles. The maximum Gasteiger partial charge on any atom is 0.129 e. The summed E-state index contributed by atoms with van der Waals surface area (Å²) in [7, 11) is -1.65. The molecule has 0 spiro atoms. The molecule has 1 aromatic heterocycles. The third-order valence-corrected chi connectivity index (χ3v) is 5.77. The van der Waals surface area contributed by atoms with Crippen LogP contribution in [0.25, 0.3) is 0 Å². The number of hydrogen-bond acceptors (Lipinski definition) is 6. The molecule has 8 heteroatoms. The first-order valence-corrected chi connectivity index (χ1v) is 11.5. The van der Waals surface area contributed by atoms with Gasteiger partial charge in [0, 0.05) is 17.6 Å². The van der Waals surface area contributed by atoms with E-state index in [0.717, 1.165) is 54.2 Å². The van der Waals surface area contributed by atoms with Gasteiger partial charge >= 0.3 is 0 Å². The molecule has 1 fully saturated rings. The summed E-state index contributed by atoms with van der Waals surface area (Å²) < 4.78 is 33.7. The maximum atomic E-state index is 11.5. The standard InChI is InChI=1S/C18H24NO2S.CH4O3S/c1-19(11-13-21-14-12-19)10-9-18(20,17-8-5-15-22-17)16-6-3-2-4-7-16;1-5(2,3)4/h2-8,15,20H,9-14H2,1H3;1H3,(H,2,3,4)/q+1;/p-1. The Balaban J connectivity index is 0.000000465. The molecule has 6 nitrogen and oxygen atoms in total. The van der Waals surface area contributed by atoms with Crippen molar-refractivity contribution in [3.05, 3.63) is 58.3 Å². The van der Waals surface area contributed by atoms with Gasteiger partial charge in [-0.05, 0) is 17.0 Å². The van der Waals surface area contributed by atoms with Crippen LogP contribution >= 0.6 is 11.3 Å². The molecular formula is C19H27NO5S2. The van der Waals surface area contributed by atoms with E-state index < -0.39 is 15.7 Å². The predicted molar refractivity (Wildman–Crippen MR) is 106 cm³/mol. The highest BCUT2D eigenvalue weighted by Crippen LogP contribution is 2.36. The van der Waals surface area contributed by atoms with E-state index in [4.69, 9.17) is 17.7 Å². The molecule has 1 aliphatic heterocycles. The van der Waals surface area contributed by atoms with Crippen LogP contribution in [0.15, 0.2) is 47.8 Å². The Morgan fingerprint density at radius 3 is 2.30 bits per heavy atom. The zero-order chi connectivity index (χ0) is 20.0. The summed E-state index contributed by atoms with van der Waals surface area (Å²) in [5.41, 5.74) is 0.0898. The van der Waals surface area contributed by atoms with Crippen molar-refractivity contribution >= 4 is 21.5 Å². The van der Waals surface area contributed by atoms with Gasteiger partial charge in [-0.25, -0.2) is 8.42 Å². The first-order valence-electron chi connectivity index (χ1n) is 8.76. The van der Waals surface area contributed by atoms with E-state index in [1.165, 1.54) is 0 Å². The van der Waals surface area contributed by atoms with E-state index >= 15 is 0 Å². The smallest absolute Gasteiger partial charge is 0.129 e. The Morgan fingerprint density at radius 1 is 1.19 bits per heavy atom. The Labute approximate surface area is 165 Å². The second-order valence-electron chi connectivity index (χ2n) is 7.06. The Morgan fingerprint density at radius 2 is 1.78 bits per heavy atom. The van der Waals surface area contributed by atoms with Gasteiger partial charge in [0.25, 0.3) is 0 Å². The maximum absolute atomic E-state index is 11.5. The van der Waals surface area contributed by atoms with Gasteiger partial charge in [0.1, 0.15) is 18.7 Å². The van der Waals surface area contributed by atoms with Crippen molar-refractivity contribution < 1.29 is 27.3 Å². The molecule has 1 aliphatic rings. The summed E-state index contributed by atoms with van der Waals surface area (Å²) in [6.45, 7) is 4.63. The molecule has 2 aromatic rings. The zero-order valence-electron chi connectivity index (χ0n) is 15.7. The van der Waals surface area contributed by atoms with Crippen molar-refractivity contribution in [3.63, 3.8) is 0 Å². The van der Waals surface area contributed by atoms with Crippen LogP contribution in [-0.2, 0) is 20.5 Å². The number of hydrogen-bond donors (Lipinski definition) is 1. The topological polar surface area (TPSA) is 86.7 Å². The van der Waals surface area contributed by atoms with Crippen LogP contribution in [0, 0.1) is 0 Å². The van der Waals surface area contributed by atoms with E-state index in [2.05, 4.69) is 7.05 Å². The largest absolute Gasteiger partial charge is 0.748 e. The van der Waals surface area contributed by atoms with Crippen molar-refractivity contribution in [3.8, 4) is 0 Å². The van der Waals surface area contributed by atoms with Crippen molar-refractivity contribution in [2.24, 2.45) is 0 Å². The summed E-state index contributed by atoms with van der Waals surface area (Å²) in [4.78, 5) is 1.03. The van der Waals surface area contributed by atoms with Gasteiger partial charge in [0.2, 0.25) is 0 Å². The molecule has 0 saturated carbocycles. The van der Waals surface area contributed by atoms with Gasteiger partial charge < -0.3 is 18.9 Å². The molecule has 0 bridgehead atoms. The van der Waals surface area contributed by atoms with E-state index in [0.29, 0.717) is 6.26 Å². The summed E-state index contributed by atoms with van der Waals surface area (Å²) in [5.74, 6) is 0. The molecule has 1 N–H and O–H groups in total. The fraction of sp³-hybridized carbons (Fsp3) is 0.474. The van der Waals surface area contributed by atoms with Crippen LogP contribution in [-0.4, -0.2) is 68.7 Å². The van der Waals surface area contributed by atoms with Crippen LogP contribution < -0.4 is 0 Å². The fourth-order valence-corrected chi connectivity index (χ4v) is 3.95. The zero-order valence-corrected chi connectivity index (χ0v) is 17.3. The van der Waals surface area contributed by atoms with Crippen LogP contribution in [0.1, 0.15) is 16.9 Å². The third kappa shape index (κ3) is 6.99. The molecule has 27 heavy (non-hydrogen) atoms. The van der Waals surface area contributed by atoms with Gasteiger partial charge in [-0.1, -0.05) is 36.4 Å². The fourth-order valence-electron chi connectivity index (χ4n) is 3.08. The number of morpholine rings is 1. The van der Waals surface area contributed by atoms with E-state index in [1.54, 1.807) is 11.3 Å². The van der Waals surface area contributed by atoms with E-state index in [1.807, 2.05) is 47.8 Å². The molecule has 1 aromatic carbocycles. The lowest BCUT2D eigenvalue weighted by molar-refractivity contribution is -0.917. The van der Waals surface area contributed by atoms with Crippen LogP contribution in [0.4, 0.5) is 0 Å². The first-order chi connectivity index (χ1) is 12.6. The minimum absolute atomic E-state index is 0.604. The highest BCUT2D eigenvalue weighted by Gasteiger charge is 2.36. The summed E-state index contributed by atoms with van der Waals surface area (Å²) in [6.07, 6.45) is 1.33. The average molecular weight is 414 g/mol.